The number of benzene rings is 3. The Balaban J connectivity index is 1.64. The minimum atomic E-state index is -0.370. The Hall–Kier alpha value is -3.47. The predicted molar refractivity (Wildman–Crippen MR) is 111 cm³/mol. The molecule has 0 aromatic heterocycles. The van der Waals surface area contributed by atoms with Crippen molar-refractivity contribution in [3.05, 3.63) is 105 Å². The van der Waals surface area contributed by atoms with Gasteiger partial charge in [-0.1, -0.05) is 36.4 Å². The van der Waals surface area contributed by atoms with Gasteiger partial charge in [0.1, 0.15) is 0 Å². The SMILES string of the molecule is CC(=O)c1ccc2c(c1)C1c3ccccc3CC1C(c1ccc([N+](=O)[O-])cc1)N2. The van der Waals surface area contributed by atoms with Gasteiger partial charge in [0, 0.05) is 29.3 Å². The van der Waals surface area contributed by atoms with Crippen molar-refractivity contribution in [1.82, 2.24) is 0 Å². The van der Waals surface area contributed by atoms with E-state index >= 15 is 0 Å². The molecule has 3 atom stereocenters. The summed E-state index contributed by atoms with van der Waals surface area (Å²) in [5, 5.41) is 14.7. The molecule has 0 amide bonds. The predicted octanol–water partition coefficient (Wildman–Crippen LogP) is 5.27. The van der Waals surface area contributed by atoms with Crippen molar-refractivity contribution in [3.8, 4) is 0 Å². The maximum Gasteiger partial charge on any atom is 0.269 e. The number of rotatable bonds is 3. The molecule has 5 rings (SSSR count). The summed E-state index contributed by atoms with van der Waals surface area (Å²) in [5.41, 5.74) is 6.69. The highest BCUT2D eigenvalue weighted by atomic mass is 16.6. The summed E-state index contributed by atoms with van der Waals surface area (Å²) >= 11 is 0. The molecule has 1 aliphatic carbocycles. The van der Waals surface area contributed by atoms with E-state index in [0.29, 0.717) is 0 Å². The van der Waals surface area contributed by atoms with Crippen LogP contribution in [0.3, 0.4) is 0 Å². The smallest absolute Gasteiger partial charge is 0.269 e. The van der Waals surface area contributed by atoms with E-state index in [4.69, 9.17) is 0 Å². The van der Waals surface area contributed by atoms with E-state index < -0.39 is 0 Å². The Kier molecular flexibility index (Phi) is 3.98. The lowest BCUT2D eigenvalue weighted by Crippen LogP contribution is -2.30. The van der Waals surface area contributed by atoms with Crippen LogP contribution in [-0.4, -0.2) is 10.7 Å². The molecular formula is C24H20N2O3. The topological polar surface area (TPSA) is 72.2 Å². The van der Waals surface area contributed by atoms with Crippen molar-refractivity contribution in [2.45, 2.75) is 25.3 Å². The molecule has 3 aromatic rings. The van der Waals surface area contributed by atoms with Gasteiger partial charge in [0.2, 0.25) is 0 Å². The van der Waals surface area contributed by atoms with Gasteiger partial charge in [0.25, 0.3) is 5.69 Å². The van der Waals surface area contributed by atoms with E-state index in [9.17, 15) is 14.9 Å². The molecule has 0 saturated heterocycles. The summed E-state index contributed by atoms with van der Waals surface area (Å²) in [6, 6.07) is 21.3. The van der Waals surface area contributed by atoms with Gasteiger partial charge < -0.3 is 5.32 Å². The zero-order chi connectivity index (χ0) is 20.1. The summed E-state index contributed by atoms with van der Waals surface area (Å²) in [4.78, 5) is 22.6. The number of hydrogen-bond donors (Lipinski definition) is 1. The van der Waals surface area contributed by atoms with Crippen molar-refractivity contribution in [2.75, 3.05) is 5.32 Å². The molecule has 1 N–H and O–H groups in total. The molecule has 1 aliphatic heterocycles. The molecule has 0 spiro atoms. The van der Waals surface area contributed by atoms with E-state index in [1.54, 1.807) is 19.1 Å². The summed E-state index contributed by atoms with van der Waals surface area (Å²) in [7, 11) is 0. The molecule has 2 aliphatic rings. The number of nitrogens with one attached hydrogen (secondary N) is 1. The third-order valence-electron chi connectivity index (χ3n) is 6.27. The molecule has 0 fully saturated rings. The normalized spacial score (nSPS) is 21.5. The standard InChI is InChI=1S/C24H20N2O3/c1-14(27)16-8-11-22-20(12-16)23-19-5-3-2-4-17(19)13-21(23)24(25-22)15-6-9-18(10-7-15)26(28)29/h2-12,21,23-25H,13H2,1H3. The van der Waals surface area contributed by atoms with Crippen LogP contribution in [0.25, 0.3) is 0 Å². The average molecular weight is 384 g/mol. The van der Waals surface area contributed by atoms with E-state index in [1.807, 2.05) is 30.3 Å². The number of Topliss-reactive ketones (excluding diaryl/α,β-unsaturated/α-hetero) is 1. The molecule has 0 radical (unpaired) electrons. The number of nitrogens with zero attached hydrogens (tertiary/aromatic N) is 1. The van der Waals surface area contributed by atoms with Crippen LogP contribution in [0.4, 0.5) is 11.4 Å². The lowest BCUT2D eigenvalue weighted by molar-refractivity contribution is -0.384. The fourth-order valence-corrected chi connectivity index (χ4v) is 4.91. The quantitative estimate of drug-likeness (QED) is 0.379. The summed E-state index contributed by atoms with van der Waals surface area (Å²) < 4.78 is 0. The molecule has 144 valence electrons. The summed E-state index contributed by atoms with van der Waals surface area (Å²) in [6.07, 6.45) is 0.930. The highest BCUT2D eigenvalue weighted by molar-refractivity contribution is 5.95. The first-order valence-corrected chi connectivity index (χ1v) is 9.76. The van der Waals surface area contributed by atoms with Crippen molar-refractivity contribution in [2.24, 2.45) is 5.92 Å². The number of fused-ring (bicyclic) bond motifs is 5. The van der Waals surface area contributed by atoms with Gasteiger partial charge >= 0.3 is 0 Å². The van der Waals surface area contributed by atoms with Crippen molar-refractivity contribution < 1.29 is 9.72 Å². The van der Waals surface area contributed by atoms with E-state index in [1.165, 1.54) is 11.1 Å². The monoisotopic (exact) mass is 384 g/mol. The van der Waals surface area contributed by atoms with Crippen LogP contribution in [0.1, 0.15) is 51.5 Å². The minimum absolute atomic E-state index is 0.0453. The molecule has 1 heterocycles. The number of nitro benzene ring substituents is 1. The van der Waals surface area contributed by atoms with Crippen LogP contribution < -0.4 is 5.32 Å². The molecule has 5 heteroatoms. The van der Waals surface area contributed by atoms with Crippen LogP contribution in [-0.2, 0) is 6.42 Å². The minimum Gasteiger partial charge on any atom is -0.378 e. The van der Waals surface area contributed by atoms with Gasteiger partial charge in [-0.25, -0.2) is 0 Å². The van der Waals surface area contributed by atoms with Crippen LogP contribution in [0.15, 0.2) is 66.7 Å². The van der Waals surface area contributed by atoms with Crippen LogP contribution in [0.5, 0.6) is 0 Å². The highest BCUT2D eigenvalue weighted by Crippen LogP contribution is 2.53. The molecule has 0 bridgehead atoms. The molecule has 0 saturated carbocycles. The number of ketones is 1. The zero-order valence-corrected chi connectivity index (χ0v) is 16.0. The summed E-state index contributed by atoms with van der Waals surface area (Å²) in [5.74, 6) is 0.540. The Labute approximate surface area is 168 Å². The van der Waals surface area contributed by atoms with Crippen LogP contribution in [0, 0.1) is 16.0 Å². The number of non-ortho nitro benzene ring substituents is 1. The van der Waals surface area contributed by atoms with Crippen molar-refractivity contribution in [3.63, 3.8) is 0 Å². The van der Waals surface area contributed by atoms with E-state index in [-0.39, 0.29) is 34.3 Å². The number of carbonyl (C=O) groups is 1. The van der Waals surface area contributed by atoms with Crippen molar-refractivity contribution in [1.29, 1.82) is 0 Å². The maximum absolute atomic E-state index is 12.0. The van der Waals surface area contributed by atoms with Crippen LogP contribution in [0.2, 0.25) is 0 Å². The second kappa shape index (κ2) is 6.55. The lowest BCUT2D eigenvalue weighted by atomic mass is 9.75. The molecule has 5 nitrogen and oxygen atoms in total. The van der Waals surface area contributed by atoms with Crippen molar-refractivity contribution >= 4 is 17.2 Å². The van der Waals surface area contributed by atoms with Gasteiger partial charge in [-0.3, -0.25) is 14.9 Å². The average Bonchev–Trinajstić information content (AvgIpc) is 3.12. The molecule has 29 heavy (non-hydrogen) atoms. The first-order chi connectivity index (χ1) is 14.0. The summed E-state index contributed by atoms with van der Waals surface area (Å²) in [6.45, 7) is 1.59. The number of anilines is 1. The second-order valence-electron chi connectivity index (χ2n) is 7.87. The first kappa shape index (κ1) is 17.6. The number of hydrogen-bond acceptors (Lipinski definition) is 4. The van der Waals surface area contributed by atoms with Gasteiger partial charge in [-0.15, -0.1) is 0 Å². The van der Waals surface area contributed by atoms with Gasteiger partial charge in [-0.05, 0) is 59.7 Å². The maximum atomic E-state index is 12.0. The first-order valence-electron chi connectivity index (χ1n) is 9.76. The van der Waals surface area contributed by atoms with Gasteiger partial charge in [-0.2, -0.15) is 0 Å². The van der Waals surface area contributed by atoms with Gasteiger partial charge in [0.15, 0.2) is 5.78 Å². The van der Waals surface area contributed by atoms with E-state index in [0.717, 1.165) is 28.8 Å². The second-order valence-corrected chi connectivity index (χ2v) is 7.87. The fraction of sp³-hybridized carbons (Fsp3) is 0.208. The largest absolute Gasteiger partial charge is 0.378 e. The Morgan fingerprint density at radius 3 is 2.52 bits per heavy atom. The van der Waals surface area contributed by atoms with Gasteiger partial charge in [0.05, 0.1) is 11.0 Å². The Bertz CT molecular complexity index is 1140. The zero-order valence-electron chi connectivity index (χ0n) is 16.0. The number of nitro groups is 1. The number of carbonyl (C=O) groups excluding carboxylic acids is 1. The molecule has 3 unspecified atom stereocenters. The van der Waals surface area contributed by atoms with E-state index in [2.05, 4.69) is 29.6 Å². The lowest BCUT2D eigenvalue weighted by Gasteiger charge is -2.38. The molecular weight excluding hydrogens is 364 g/mol. The highest BCUT2D eigenvalue weighted by Gasteiger charge is 2.43. The Morgan fingerprint density at radius 2 is 1.79 bits per heavy atom. The fourth-order valence-electron chi connectivity index (χ4n) is 4.91. The van der Waals surface area contributed by atoms with Crippen LogP contribution >= 0.6 is 0 Å². The molecule has 3 aromatic carbocycles. The third-order valence-corrected chi connectivity index (χ3v) is 6.27. The Morgan fingerprint density at radius 1 is 1.03 bits per heavy atom. The third kappa shape index (κ3) is 2.81.